The number of carbonyl (C=O) groups excluding carboxylic acids is 1. The number of nitrogens with zero attached hydrogens (tertiary/aromatic N) is 1. The first-order valence-corrected chi connectivity index (χ1v) is 6.66. The Morgan fingerprint density at radius 1 is 1.20 bits per heavy atom. The Labute approximate surface area is 118 Å². The van der Waals surface area contributed by atoms with E-state index in [2.05, 4.69) is 10.3 Å². The van der Waals surface area contributed by atoms with Gasteiger partial charge in [0.1, 0.15) is 5.82 Å². The summed E-state index contributed by atoms with van der Waals surface area (Å²) in [6.07, 6.45) is 0. The van der Waals surface area contributed by atoms with Gasteiger partial charge < -0.3 is 11.1 Å². The summed E-state index contributed by atoms with van der Waals surface area (Å²) >= 11 is 1.43. The molecule has 6 heteroatoms. The molecule has 3 aromatic rings. The van der Waals surface area contributed by atoms with Crippen LogP contribution in [0.3, 0.4) is 0 Å². The van der Waals surface area contributed by atoms with Crippen molar-refractivity contribution in [2.24, 2.45) is 5.73 Å². The van der Waals surface area contributed by atoms with Crippen LogP contribution in [0.2, 0.25) is 0 Å². The van der Waals surface area contributed by atoms with Gasteiger partial charge in [-0.25, -0.2) is 9.37 Å². The first kappa shape index (κ1) is 12.6. The van der Waals surface area contributed by atoms with E-state index in [-0.39, 0.29) is 5.82 Å². The predicted octanol–water partition coefficient (Wildman–Crippen LogP) is 3.28. The Balaban J connectivity index is 1.87. The molecule has 0 aliphatic rings. The number of nitrogens with two attached hydrogens (primary N) is 1. The zero-order chi connectivity index (χ0) is 14.1. The summed E-state index contributed by atoms with van der Waals surface area (Å²) in [6.45, 7) is 0. The molecule has 1 heterocycles. The van der Waals surface area contributed by atoms with Gasteiger partial charge in [0.2, 0.25) is 5.91 Å². The standard InChI is InChI=1S/C14H10FN3OS/c15-9-3-6-12-11(7-9)18-14(20-12)17-10-4-1-8(2-5-10)13(16)19/h1-7H,(H2,16,19)(H,17,18). The van der Waals surface area contributed by atoms with Crippen LogP contribution >= 0.6 is 11.3 Å². The van der Waals surface area contributed by atoms with E-state index in [1.165, 1.54) is 23.5 Å². The molecule has 0 aliphatic carbocycles. The highest BCUT2D eigenvalue weighted by molar-refractivity contribution is 7.22. The number of hydrogen-bond donors (Lipinski definition) is 2. The highest BCUT2D eigenvalue weighted by atomic mass is 32.1. The zero-order valence-electron chi connectivity index (χ0n) is 10.3. The highest BCUT2D eigenvalue weighted by Gasteiger charge is 2.06. The summed E-state index contributed by atoms with van der Waals surface area (Å²) in [4.78, 5) is 15.3. The summed E-state index contributed by atoms with van der Waals surface area (Å²) < 4.78 is 14.0. The molecule has 0 saturated carbocycles. The van der Waals surface area contributed by atoms with Gasteiger partial charge in [0.05, 0.1) is 10.2 Å². The SMILES string of the molecule is NC(=O)c1ccc(Nc2nc3cc(F)ccc3s2)cc1. The van der Waals surface area contributed by atoms with Crippen LogP contribution in [0, 0.1) is 5.82 Å². The second-order valence-electron chi connectivity index (χ2n) is 4.20. The van der Waals surface area contributed by atoms with Crippen LogP contribution in [0.1, 0.15) is 10.4 Å². The number of hydrogen-bond acceptors (Lipinski definition) is 4. The van der Waals surface area contributed by atoms with E-state index in [1.54, 1.807) is 30.3 Å². The van der Waals surface area contributed by atoms with Gasteiger partial charge >= 0.3 is 0 Å². The number of aromatic nitrogens is 1. The van der Waals surface area contributed by atoms with E-state index in [1.807, 2.05) is 0 Å². The molecular formula is C14H10FN3OS. The number of thiazole rings is 1. The summed E-state index contributed by atoms with van der Waals surface area (Å²) in [5, 5.41) is 3.78. The van der Waals surface area contributed by atoms with Gasteiger partial charge in [-0.2, -0.15) is 0 Å². The van der Waals surface area contributed by atoms with Crippen LogP contribution < -0.4 is 11.1 Å². The zero-order valence-corrected chi connectivity index (χ0v) is 11.1. The maximum absolute atomic E-state index is 13.1. The van der Waals surface area contributed by atoms with Crippen LogP contribution in [0.15, 0.2) is 42.5 Å². The van der Waals surface area contributed by atoms with Crippen molar-refractivity contribution in [2.75, 3.05) is 5.32 Å². The van der Waals surface area contributed by atoms with Gasteiger partial charge in [0.25, 0.3) is 0 Å². The molecule has 4 nitrogen and oxygen atoms in total. The number of anilines is 2. The van der Waals surface area contributed by atoms with E-state index in [4.69, 9.17) is 5.73 Å². The Hall–Kier alpha value is -2.47. The molecule has 100 valence electrons. The molecule has 0 bridgehead atoms. The topological polar surface area (TPSA) is 68.0 Å². The maximum atomic E-state index is 13.1. The van der Waals surface area contributed by atoms with E-state index < -0.39 is 5.91 Å². The smallest absolute Gasteiger partial charge is 0.248 e. The minimum atomic E-state index is -0.466. The minimum absolute atomic E-state index is 0.305. The second kappa shape index (κ2) is 4.90. The number of benzene rings is 2. The molecule has 1 aromatic heterocycles. The highest BCUT2D eigenvalue weighted by Crippen LogP contribution is 2.28. The lowest BCUT2D eigenvalue weighted by Gasteiger charge is -2.02. The monoisotopic (exact) mass is 287 g/mol. The third-order valence-corrected chi connectivity index (χ3v) is 3.72. The fourth-order valence-corrected chi connectivity index (χ4v) is 2.66. The molecule has 3 N–H and O–H groups in total. The van der Waals surface area contributed by atoms with Gasteiger partial charge in [-0.3, -0.25) is 4.79 Å². The molecule has 0 spiro atoms. The normalized spacial score (nSPS) is 10.7. The Morgan fingerprint density at radius 2 is 1.95 bits per heavy atom. The first-order chi connectivity index (χ1) is 9.61. The lowest BCUT2D eigenvalue weighted by Crippen LogP contribution is -2.10. The van der Waals surface area contributed by atoms with Crippen molar-refractivity contribution in [3.8, 4) is 0 Å². The van der Waals surface area contributed by atoms with Gasteiger partial charge in [-0.05, 0) is 36.4 Å². The number of rotatable bonds is 3. The summed E-state index contributed by atoms with van der Waals surface area (Å²) in [6, 6.07) is 11.3. The Kier molecular flexibility index (Phi) is 3.08. The quantitative estimate of drug-likeness (QED) is 0.776. The van der Waals surface area contributed by atoms with Crippen LogP contribution in [0.25, 0.3) is 10.2 Å². The van der Waals surface area contributed by atoms with E-state index in [0.29, 0.717) is 16.2 Å². The molecule has 0 fully saturated rings. The van der Waals surface area contributed by atoms with Crippen molar-refractivity contribution in [3.05, 3.63) is 53.8 Å². The van der Waals surface area contributed by atoms with E-state index in [0.717, 1.165) is 10.4 Å². The summed E-state index contributed by atoms with van der Waals surface area (Å²) in [5.41, 5.74) is 7.03. The number of halogens is 1. The maximum Gasteiger partial charge on any atom is 0.248 e. The van der Waals surface area contributed by atoms with Crippen molar-refractivity contribution in [2.45, 2.75) is 0 Å². The number of carbonyl (C=O) groups is 1. The Bertz CT molecular complexity index is 783. The second-order valence-corrected chi connectivity index (χ2v) is 5.23. The Morgan fingerprint density at radius 3 is 2.65 bits per heavy atom. The molecule has 3 rings (SSSR count). The summed E-state index contributed by atoms with van der Waals surface area (Å²) in [5.74, 6) is -0.771. The van der Waals surface area contributed by atoms with E-state index in [9.17, 15) is 9.18 Å². The van der Waals surface area contributed by atoms with Gasteiger partial charge in [-0.1, -0.05) is 11.3 Å². The summed E-state index contributed by atoms with van der Waals surface area (Å²) in [7, 11) is 0. The third kappa shape index (κ3) is 2.46. The predicted molar refractivity (Wildman–Crippen MR) is 77.8 cm³/mol. The molecule has 0 aliphatic heterocycles. The molecule has 1 amide bonds. The molecule has 0 unspecified atom stereocenters. The molecule has 0 saturated heterocycles. The van der Waals surface area contributed by atoms with Gasteiger partial charge in [-0.15, -0.1) is 0 Å². The average Bonchev–Trinajstić information content (AvgIpc) is 2.80. The minimum Gasteiger partial charge on any atom is -0.366 e. The van der Waals surface area contributed by atoms with Crippen molar-refractivity contribution in [1.29, 1.82) is 0 Å². The van der Waals surface area contributed by atoms with E-state index >= 15 is 0 Å². The molecule has 0 atom stereocenters. The van der Waals surface area contributed by atoms with Crippen LogP contribution in [0.4, 0.5) is 15.2 Å². The van der Waals surface area contributed by atoms with Crippen LogP contribution in [-0.2, 0) is 0 Å². The molecular weight excluding hydrogens is 277 g/mol. The fraction of sp³-hybridized carbons (Fsp3) is 0. The number of amides is 1. The average molecular weight is 287 g/mol. The third-order valence-electron chi connectivity index (χ3n) is 2.77. The van der Waals surface area contributed by atoms with Crippen molar-refractivity contribution in [1.82, 2.24) is 4.98 Å². The lowest BCUT2D eigenvalue weighted by atomic mass is 10.2. The molecule has 2 aromatic carbocycles. The van der Waals surface area contributed by atoms with Crippen molar-refractivity contribution < 1.29 is 9.18 Å². The number of primary amides is 1. The first-order valence-electron chi connectivity index (χ1n) is 5.85. The molecule has 0 radical (unpaired) electrons. The van der Waals surface area contributed by atoms with Crippen LogP contribution in [0.5, 0.6) is 0 Å². The van der Waals surface area contributed by atoms with Gasteiger partial charge in [0.15, 0.2) is 5.13 Å². The largest absolute Gasteiger partial charge is 0.366 e. The number of nitrogens with one attached hydrogen (secondary N) is 1. The van der Waals surface area contributed by atoms with Crippen molar-refractivity contribution >= 4 is 38.3 Å². The number of fused-ring (bicyclic) bond motifs is 1. The van der Waals surface area contributed by atoms with Crippen molar-refractivity contribution in [3.63, 3.8) is 0 Å². The lowest BCUT2D eigenvalue weighted by molar-refractivity contribution is 0.100. The molecule has 20 heavy (non-hydrogen) atoms. The van der Waals surface area contributed by atoms with Crippen LogP contribution in [-0.4, -0.2) is 10.9 Å². The van der Waals surface area contributed by atoms with Gasteiger partial charge in [0, 0.05) is 17.3 Å². The fourth-order valence-electron chi connectivity index (χ4n) is 1.80.